The molecular formula is C16H17N5O2. The molecule has 0 aliphatic heterocycles. The van der Waals surface area contributed by atoms with Crippen LogP contribution in [0, 0.1) is 0 Å². The zero-order chi connectivity index (χ0) is 16.4. The topological polar surface area (TPSA) is 109 Å². The third-order valence-electron chi connectivity index (χ3n) is 3.69. The predicted octanol–water partition coefficient (Wildman–Crippen LogP) is 1.36. The number of nitrogen functional groups attached to an aromatic ring is 1. The number of nitrogens with zero attached hydrogens (tertiary/aromatic N) is 3. The molecule has 0 aliphatic carbocycles. The van der Waals surface area contributed by atoms with Crippen molar-refractivity contribution in [3.8, 4) is 5.75 Å². The van der Waals surface area contributed by atoms with Crippen LogP contribution in [-0.2, 0) is 13.0 Å². The van der Waals surface area contributed by atoms with E-state index in [0.29, 0.717) is 29.3 Å². The van der Waals surface area contributed by atoms with Crippen LogP contribution in [-0.4, -0.2) is 27.6 Å². The number of anilines is 1. The lowest BCUT2D eigenvalue weighted by Crippen LogP contribution is -2.11. The molecule has 0 spiro atoms. The fourth-order valence-electron chi connectivity index (χ4n) is 2.56. The maximum Gasteiger partial charge on any atom is 0.248 e. The molecule has 0 saturated carbocycles. The number of methoxy groups -OCH3 is 1. The van der Waals surface area contributed by atoms with Gasteiger partial charge >= 0.3 is 0 Å². The largest absolute Gasteiger partial charge is 0.494 e. The zero-order valence-corrected chi connectivity index (χ0v) is 12.7. The lowest BCUT2D eigenvalue weighted by Gasteiger charge is -2.10. The average molecular weight is 311 g/mol. The summed E-state index contributed by atoms with van der Waals surface area (Å²) in [5, 5.41) is 0. The lowest BCUT2D eigenvalue weighted by atomic mass is 10.1. The van der Waals surface area contributed by atoms with Crippen molar-refractivity contribution in [1.82, 2.24) is 14.5 Å². The molecule has 0 fully saturated rings. The normalized spacial score (nSPS) is 10.8. The van der Waals surface area contributed by atoms with Gasteiger partial charge in [0.15, 0.2) is 0 Å². The highest BCUT2D eigenvalue weighted by Gasteiger charge is 2.16. The number of carbonyl (C=O) groups is 1. The fraction of sp³-hybridized carbons (Fsp3) is 0.188. The Labute approximate surface area is 132 Å². The van der Waals surface area contributed by atoms with Crippen molar-refractivity contribution in [2.75, 3.05) is 12.8 Å². The van der Waals surface area contributed by atoms with E-state index in [9.17, 15) is 4.79 Å². The molecule has 1 aromatic carbocycles. The van der Waals surface area contributed by atoms with Crippen LogP contribution in [0.25, 0.3) is 11.0 Å². The molecule has 7 nitrogen and oxygen atoms in total. The van der Waals surface area contributed by atoms with Gasteiger partial charge in [0.05, 0.1) is 12.6 Å². The molecule has 0 atom stereocenters. The van der Waals surface area contributed by atoms with Gasteiger partial charge in [-0.3, -0.25) is 9.78 Å². The Bertz CT molecular complexity index is 858. The standard InChI is InChI=1S/C16H17N5O2/c1-23-13-8-11(15(17)22)7-12-14(13)21(16(18)20-12)6-4-10-3-2-5-19-9-10/h2-3,5,7-9H,4,6H2,1H3,(H2,17,22)(H2,18,20). The summed E-state index contributed by atoms with van der Waals surface area (Å²) in [7, 11) is 1.54. The van der Waals surface area contributed by atoms with Crippen molar-refractivity contribution in [3.05, 3.63) is 47.8 Å². The number of pyridine rings is 1. The molecule has 3 aromatic rings. The molecule has 2 heterocycles. The van der Waals surface area contributed by atoms with Crippen LogP contribution in [0.4, 0.5) is 5.95 Å². The number of fused-ring (bicyclic) bond motifs is 1. The summed E-state index contributed by atoms with van der Waals surface area (Å²) in [6, 6.07) is 7.12. The van der Waals surface area contributed by atoms with E-state index < -0.39 is 5.91 Å². The summed E-state index contributed by atoms with van der Waals surface area (Å²) in [5.41, 5.74) is 14.1. The smallest absolute Gasteiger partial charge is 0.248 e. The summed E-state index contributed by atoms with van der Waals surface area (Å²) in [4.78, 5) is 19.8. The molecule has 23 heavy (non-hydrogen) atoms. The van der Waals surface area contributed by atoms with Gasteiger partial charge in [-0.25, -0.2) is 4.98 Å². The summed E-state index contributed by atoms with van der Waals surface area (Å²) >= 11 is 0. The van der Waals surface area contributed by atoms with E-state index in [0.717, 1.165) is 17.5 Å². The average Bonchev–Trinajstić information content (AvgIpc) is 2.88. The Hall–Kier alpha value is -3.09. The van der Waals surface area contributed by atoms with Crippen molar-refractivity contribution in [2.45, 2.75) is 13.0 Å². The van der Waals surface area contributed by atoms with Gasteiger partial charge in [0.1, 0.15) is 11.3 Å². The number of rotatable bonds is 5. The summed E-state index contributed by atoms with van der Waals surface area (Å²) in [6.07, 6.45) is 4.31. The first-order chi connectivity index (χ1) is 11.1. The highest BCUT2D eigenvalue weighted by Crippen LogP contribution is 2.29. The second-order valence-corrected chi connectivity index (χ2v) is 5.14. The monoisotopic (exact) mass is 311 g/mol. The molecule has 0 saturated heterocycles. The number of imidazole rings is 1. The minimum Gasteiger partial charge on any atom is -0.494 e. The van der Waals surface area contributed by atoms with Crippen LogP contribution in [0.15, 0.2) is 36.7 Å². The van der Waals surface area contributed by atoms with E-state index in [1.807, 2.05) is 22.9 Å². The number of hydrogen-bond donors (Lipinski definition) is 2. The Morgan fingerprint density at radius 2 is 2.22 bits per heavy atom. The van der Waals surface area contributed by atoms with Gasteiger partial charge in [0.25, 0.3) is 0 Å². The van der Waals surface area contributed by atoms with E-state index in [-0.39, 0.29) is 0 Å². The molecule has 0 radical (unpaired) electrons. The third kappa shape index (κ3) is 2.80. The van der Waals surface area contributed by atoms with Crippen molar-refractivity contribution >= 4 is 22.9 Å². The van der Waals surface area contributed by atoms with Crippen molar-refractivity contribution in [1.29, 1.82) is 0 Å². The second kappa shape index (κ2) is 5.96. The number of carbonyl (C=O) groups excluding carboxylic acids is 1. The highest BCUT2D eigenvalue weighted by molar-refractivity contribution is 5.98. The maximum atomic E-state index is 11.4. The van der Waals surface area contributed by atoms with Crippen LogP contribution >= 0.6 is 0 Å². The number of aromatic nitrogens is 3. The molecule has 118 valence electrons. The molecule has 0 aliphatic rings. The lowest BCUT2D eigenvalue weighted by molar-refractivity contribution is 0.1000. The van der Waals surface area contributed by atoms with E-state index in [2.05, 4.69) is 9.97 Å². The molecule has 0 bridgehead atoms. The quantitative estimate of drug-likeness (QED) is 0.739. The van der Waals surface area contributed by atoms with Gasteiger partial charge in [-0.05, 0) is 30.2 Å². The van der Waals surface area contributed by atoms with Gasteiger partial charge in [-0.1, -0.05) is 6.07 Å². The number of aryl methyl sites for hydroxylation is 2. The molecule has 7 heteroatoms. The first kappa shape index (κ1) is 14.8. The van der Waals surface area contributed by atoms with Gasteiger partial charge in [-0.15, -0.1) is 0 Å². The van der Waals surface area contributed by atoms with Crippen molar-refractivity contribution in [3.63, 3.8) is 0 Å². The number of hydrogen-bond acceptors (Lipinski definition) is 5. The van der Waals surface area contributed by atoms with Crippen LogP contribution < -0.4 is 16.2 Å². The predicted molar refractivity (Wildman–Crippen MR) is 87.2 cm³/mol. The third-order valence-corrected chi connectivity index (χ3v) is 3.69. The van der Waals surface area contributed by atoms with Gasteiger partial charge in [0, 0.05) is 24.5 Å². The van der Waals surface area contributed by atoms with Gasteiger partial charge < -0.3 is 20.8 Å². The number of amides is 1. The van der Waals surface area contributed by atoms with Crippen LogP contribution in [0.2, 0.25) is 0 Å². The van der Waals surface area contributed by atoms with Crippen LogP contribution in [0.5, 0.6) is 5.75 Å². The van der Waals surface area contributed by atoms with E-state index >= 15 is 0 Å². The SMILES string of the molecule is COc1cc(C(N)=O)cc2nc(N)n(CCc3cccnc3)c12. The van der Waals surface area contributed by atoms with E-state index in [1.54, 1.807) is 18.3 Å². The molecular weight excluding hydrogens is 294 g/mol. The minimum atomic E-state index is -0.534. The Balaban J connectivity index is 2.03. The van der Waals surface area contributed by atoms with Crippen LogP contribution in [0.3, 0.4) is 0 Å². The van der Waals surface area contributed by atoms with Crippen molar-refractivity contribution in [2.24, 2.45) is 5.73 Å². The first-order valence-corrected chi connectivity index (χ1v) is 7.12. The number of benzene rings is 1. The highest BCUT2D eigenvalue weighted by atomic mass is 16.5. The Morgan fingerprint density at radius 1 is 1.39 bits per heavy atom. The summed E-state index contributed by atoms with van der Waals surface area (Å²) in [5.74, 6) is 0.351. The summed E-state index contributed by atoms with van der Waals surface area (Å²) < 4.78 is 7.25. The molecule has 1 amide bonds. The maximum absolute atomic E-state index is 11.4. The minimum absolute atomic E-state index is 0.339. The number of primary amides is 1. The van der Waals surface area contributed by atoms with Gasteiger partial charge in [0.2, 0.25) is 11.9 Å². The Morgan fingerprint density at radius 3 is 2.87 bits per heavy atom. The Kier molecular flexibility index (Phi) is 3.84. The number of ether oxygens (including phenoxy) is 1. The number of nitrogens with two attached hydrogens (primary N) is 2. The molecule has 4 N–H and O–H groups in total. The molecule has 2 aromatic heterocycles. The summed E-state index contributed by atoms with van der Waals surface area (Å²) in [6.45, 7) is 0.625. The second-order valence-electron chi connectivity index (χ2n) is 5.14. The first-order valence-electron chi connectivity index (χ1n) is 7.12. The molecule has 3 rings (SSSR count). The fourth-order valence-corrected chi connectivity index (χ4v) is 2.56. The van der Waals surface area contributed by atoms with Crippen molar-refractivity contribution < 1.29 is 9.53 Å². The van der Waals surface area contributed by atoms with Crippen LogP contribution in [0.1, 0.15) is 15.9 Å². The zero-order valence-electron chi connectivity index (χ0n) is 12.7. The van der Waals surface area contributed by atoms with E-state index in [1.165, 1.54) is 7.11 Å². The van der Waals surface area contributed by atoms with Gasteiger partial charge in [-0.2, -0.15) is 0 Å². The van der Waals surface area contributed by atoms with E-state index in [4.69, 9.17) is 16.2 Å². The molecule has 0 unspecified atom stereocenters.